The Morgan fingerprint density at radius 3 is 2.54 bits per heavy atom. The van der Waals surface area contributed by atoms with Gasteiger partial charge in [-0.2, -0.15) is 0 Å². The highest BCUT2D eigenvalue weighted by molar-refractivity contribution is 5.88. The van der Waals surface area contributed by atoms with Crippen LogP contribution in [0.4, 0.5) is 0 Å². The van der Waals surface area contributed by atoms with Gasteiger partial charge in [-0.3, -0.25) is 9.69 Å². The molecule has 4 bridgehead atoms. The molecule has 2 saturated carbocycles. The van der Waals surface area contributed by atoms with Gasteiger partial charge in [0.1, 0.15) is 0 Å². The van der Waals surface area contributed by atoms with E-state index >= 15 is 0 Å². The number of rotatable bonds is 3. The van der Waals surface area contributed by atoms with E-state index in [4.69, 9.17) is 4.74 Å². The minimum Gasteiger partial charge on any atom is -0.364 e. The molecule has 4 unspecified atom stereocenters. The average molecular weight is 354 g/mol. The van der Waals surface area contributed by atoms with E-state index in [1.54, 1.807) is 0 Å². The Kier molecular flexibility index (Phi) is 3.58. The fourth-order valence-electron chi connectivity index (χ4n) is 6.44. The monoisotopic (exact) mass is 354 g/mol. The van der Waals surface area contributed by atoms with Crippen molar-refractivity contribution in [3.05, 3.63) is 35.9 Å². The van der Waals surface area contributed by atoms with E-state index < -0.39 is 5.60 Å². The highest BCUT2D eigenvalue weighted by atomic mass is 16.5. The third-order valence-corrected chi connectivity index (χ3v) is 8.45. The number of hydrogen-bond acceptors (Lipinski definition) is 3. The molecule has 0 radical (unpaired) electrons. The minimum absolute atomic E-state index is 0.0307. The number of benzene rings is 1. The number of carbonyl (C=O) groups excluding carboxylic acids is 1. The number of ether oxygens (including phenoxy) is 1. The summed E-state index contributed by atoms with van der Waals surface area (Å²) in [7, 11) is 0. The maximum Gasteiger partial charge on any atom is 0.255 e. The van der Waals surface area contributed by atoms with Crippen LogP contribution in [0.2, 0.25) is 0 Å². The number of amides is 1. The van der Waals surface area contributed by atoms with Crippen molar-refractivity contribution in [1.82, 2.24) is 9.80 Å². The molecular formula is C22H30N2O2. The molecule has 1 amide bonds. The molecule has 4 heteroatoms. The first-order valence-electron chi connectivity index (χ1n) is 10.2. The SMILES string of the molecule is CC12COC3(C(=O)N4CCN(Cc5ccccc5)CC4)CC1CCC32C. The molecule has 4 nitrogen and oxygen atoms in total. The minimum atomic E-state index is -0.535. The van der Waals surface area contributed by atoms with Crippen LogP contribution < -0.4 is 0 Å². The molecule has 4 aliphatic rings. The number of nitrogens with zero attached hydrogens (tertiary/aromatic N) is 2. The first kappa shape index (κ1) is 16.8. The van der Waals surface area contributed by atoms with Gasteiger partial charge >= 0.3 is 0 Å². The Labute approximate surface area is 156 Å². The molecule has 140 valence electrons. The fraction of sp³-hybridized carbons (Fsp3) is 0.682. The summed E-state index contributed by atoms with van der Waals surface area (Å²) in [4.78, 5) is 18.1. The molecule has 4 atom stereocenters. The van der Waals surface area contributed by atoms with Crippen molar-refractivity contribution in [2.24, 2.45) is 16.7 Å². The van der Waals surface area contributed by atoms with Gasteiger partial charge in [-0.25, -0.2) is 0 Å². The van der Waals surface area contributed by atoms with Crippen LogP contribution in [0.1, 0.15) is 38.7 Å². The smallest absolute Gasteiger partial charge is 0.255 e. The lowest BCUT2D eigenvalue weighted by atomic mass is 9.66. The molecule has 0 N–H and O–H groups in total. The Hall–Kier alpha value is -1.39. The summed E-state index contributed by atoms with van der Waals surface area (Å²) in [5, 5.41) is 0. The summed E-state index contributed by atoms with van der Waals surface area (Å²) in [6, 6.07) is 10.6. The zero-order valence-electron chi connectivity index (χ0n) is 16.0. The standard InChI is InChI=1S/C22H30N2O2/c1-20-16-26-22(14-18(20)8-9-21(20,22)2)19(25)24-12-10-23(11-13-24)15-17-6-4-3-5-7-17/h3-7,18H,8-16H2,1-2H3. The first-order chi connectivity index (χ1) is 12.5. The summed E-state index contributed by atoms with van der Waals surface area (Å²) in [5.41, 5.74) is 1.05. The van der Waals surface area contributed by atoms with Crippen molar-refractivity contribution in [3.8, 4) is 0 Å². The molecule has 26 heavy (non-hydrogen) atoms. The second kappa shape index (κ2) is 5.56. The van der Waals surface area contributed by atoms with Gasteiger partial charge in [-0.05, 0) is 30.7 Å². The van der Waals surface area contributed by atoms with Crippen molar-refractivity contribution in [2.75, 3.05) is 32.8 Å². The van der Waals surface area contributed by atoms with E-state index in [9.17, 15) is 4.79 Å². The lowest BCUT2D eigenvalue weighted by molar-refractivity contribution is -0.168. The highest BCUT2D eigenvalue weighted by Gasteiger charge is 2.78. The maximum atomic E-state index is 13.6. The highest BCUT2D eigenvalue weighted by Crippen LogP contribution is 2.75. The number of hydrogen-bond donors (Lipinski definition) is 0. The second-order valence-corrected chi connectivity index (χ2v) is 9.36. The quantitative estimate of drug-likeness (QED) is 0.837. The molecular weight excluding hydrogens is 324 g/mol. The van der Waals surface area contributed by atoms with Gasteiger partial charge in [-0.1, -0.05) is 44.2 Å². The Morgan fingerprint density at radius 2 is 1.88 bits per heavy atom. The third kappa shape index (κ3) is 2.00. The predicted octanol–water partition coefficient (Wildman–Crippen LogP) is 2.93. The lowest BCUT2D eigenvalue weighted by Crippen LogP contribution is -2.60. The van der Waals surface area contributed by atoms with E-state index in [-0.39, 0.29) is 16.7 Å². The fourth-order valence-corrected chi connectivity index (χ4v) is 6.44. The molecule has 2 saturated heterocycles. The molecule has 2 aliphatic carbocycles. The van der Waals surface area contributed by atoms with Crippen molar-refractivity contribution in [1.29, 1.82) is 0 Å². The van der Waals surface area contributed by atoms with Crippen LogP contribution in [0, 0.1) is 16.7 Å². The number of piperazine rings is 1. The van der Waals surface area contributed by atoms with Gasteiger partial charge in [-0.15, -0.1) is 0 Å². The van der Waals surface area contributed by atoms with Gasteiger partial charge < -0.3 is 9.64 Å². The van der Waals surface area contributed by atoms with Crippen molar-refractivity contribution in [2.45, 2.75) is 45.3 Å². The Balaban J connectivity index is 1.27. The Morgan fingerprint density at radius 1 is 1.15 bits per heavy atom. The van der Waals surface area contributed by atoms with E-state index in [2.05, 4.69) is 54.0 Å². The molecule has 0 aromatic heterocycles. The normalized spacial score (nSPS) is 41.8. The van der Waals surface area contributed by atoms with Crippen molar-refractivity contribution >= 4 is 5.91 Å². The topological polar surface area (TPSA) is 32.8 Å². The molecule has 2 heterocycles. The summed E-state index contributed by atoms with van der Waals surface area (Å²) < 4.78 is 6.31. The van der Waals surface area contributed by atoms with Crippen LogP contribution in [-0.4, -0.2) is 54.1 Å². The second-order valence-electron chi connectivity index (χ2n) is 9.36. The lowest BCUT2D eigenvalue weighted by Gasteiger charge is -2.45. The van der Waals surface area contributed by atoms with Gasteiger partial charge in [0.25, 0.3) is 5.91 Å². The van der Waals surface area contributed by atoms with Crippen LogP contribution in [0.3, 0.4) is 0 Å². The van der Waals surface area contributed by atoms with Gasteiger partial charge in [0.2, 0.25) is 0 Å². The molecule has 1 aromatic rings. The Bertz CT molecular complexity index is 714. The van der Waals surface area contributed by atoms with Crippen LogP contribution in [0.25, 0.3) is 0 Å². The van der Waals surface area contributed by atoms with Crippen molar-refractivity contribution in [3.63, 3.8) is 0 Å². The molecule has 2 aliphatic heterocycles. The molecule has 1 aromatic carbocycles. The summed E-state index contributed by atoms with van der Waals surface area (Å²) in [6.45, 7) is 10.0. The van der Waals surface area contributed by atoms with E-state index in [1.165, 1.54) is 12.0 Å². The van der Waals surface area contributed by atoms with Crippen LogP contribution in [0.15, 0.2) is 30.3 Å². The van der Waals surface area contributed by atoms with E-state index in [0.717, 1.165) is 52.2 Å². The summed E-state index contributed by atoms with van der Waals surface area (Å²) in [6.07, 6.45) is 3.37. The van der Waals surface area contributed by atoms with E-state index in [0.29, 0.717) is 5.92 Å². The maximum absolute atomic E-state index is 13.6. The largest absolute Gasteiger partial charge is 0.364 e. The zero-order chi connectivity index (χ0) is 18.0. The van der Waals surface area contributed by atoms with Crippen LogP contribution >= 0.6 is 0 Å². The van der Waals surface area contributed by atoms with Gasteiger partial charge in [0, 0.05) is 43.6 Å². The van der Waals surface area contributed by atoms with Gasteiger partial charge in [0.15, 0.2) is 5.60 Å². The van der Waals surface area contributed by atoms with Gasteiger partial charge in [0.05, 0.1) is 6.61 Å². The summed E-state index contributed by atoms with van der Waals surface area (Å²) >= 11 is 0. The van der Waals surface area contributed by atoms with E-state index in [1.807, 2.05) is 0 Å². The van der Waals surface area contributed by atoms with Crippen LogP contribution in [0.5, 0.6) is 0 Å². The van der Waals surface area contributed by atoms with Crippen LogP contribution in [-0.2, 0) is 16.1 Å². The molecule has 4 fully saturated rings. The third-order valence-electron chi connectivity index (χ3n) is 8.45. The summed E-state index contributed by atoms with van der Waals surface area (Å²) in [5.74, 6) is 0.954. The zero-order valence-corrected chi connectivity index (χ0v) is 16.0. The van der Waals surface area contributed by atoms with Crippen molar-refractivity contribution < 1.29 is 9.53 Å². The first-order valence-corrected chi connectivity index (χ1v) is 10.2. The molecule has 0 spiro atoms. The number of carbonyl (C=O) groups is 1. The molecule has 5 rings (SSSR count). The predicted molar refractivity (Wildman–Crippen MR) is 101 cm³/mol. The average Bonchev–Trinajstić information content (AvgIpc) is 3.14.